The number of hydrogen-bond donors (Lipinski definition) is 1. The van der Waals surface area contributed by atoms with Gasteiger partial charge in [0, 0.05) is 6.92 Å². The van der Waals surface area contributed by atoms with Crippen molar-refractivity contribution in [3.05, 3.63) is 35.9 Å². The molecule has 2 N–H and O–H groups in total. The van der Waals surface area contributed by atoms with Gasteiger partial charge in [-0.05, 0) is 5.56 Å². The Bertz CT molecular complexity index is 404. The molecule has 0 aliphatic carbocycles. The van der Waals surface area contributed by atoms with Crippen LogP contribution in [0.15, 0.2) is 35.4 Å². The highest BCUT2D eigenvalue weighted by atomic mass is 32.2. The van der Waals surface area contributed by atoms with Gasteiger partial charge in [0.1, 0.15) is 5.37 Å². The summed E-state index contributed by atoms with van der Waals surface area (Å²) in [6.45, 7) is 1.48. The Balaban J connectivity index is 2.28. The molecule has 1 aromatic carbocycles. The molecule has 0 spiro atoms. The van der Waals surface area contributed by atoms with Crippen LogP contribution in [0, 0.1) is 0 Å². The van der Waals surface area contributed by atoms with E-state index < -0.39 is 0 Å². The number of hydrogen-bond acceptors (Lipinski definition) is 4. The fourth-order valence-electron chi connectivity index (χ4n) is 1.41. The molecular weight excluding hydrogens is 210 g/mol. The van der Waals surface area contributed by atoms with Crippen molar-refractivity contribution in [1.82, 2.24) is 5.01 Å². The average Bonchev–Trinajstić information content (AvgIpc) is 2.62. The van der Waals surface area contributed by atoms with Crippen molar-refractivity contribution in [1.29, 1.82) is 0 Å². The molecule has 0 bridgehead atoms. The van der Waals surface area contributed by atoms with Crippen LogP contribution in [0.25, 0.3) is 0 Å². The first-order chi connectivity index (χ1) is 7.18. The van der Waals surface area contributed by atoms with Crippen LogP contribution in [0.3, 0.4) is 0 Å². The Labute approximate surface area is 92.1 Å². The van der Waals surface area contributed by atoms with Gasteiger partial charge in [-0.15, -0.1) is 5.10 Å². The molecular formula is C10H11N3OS. The second-order valence-electron chi connectivity index (χ2n) is 3.18. The number of nitrogens with two attached hydrogens (primary N) is 1. The fraction of sp³-hybridized carbons (Fsp3) is 0.200. The van der Waals surface area contributed by atoms with Gasteiger partial charge in [-0.2, -0.15) is 0 Å². The Kier molecular flexibility index (Phi) is 2.64. The van der Waals surface area contributed by atoms with Gasteiger partial charge < -0.3 is 5.73 Å². The number of carbonyl (C=O) groups excluding carboxylic acids is 1. The molecule has 15 heavy (non-hydrogen) atoms. The predicted octanol–water partition coefficient (Wildman–Crippen LogP) is 1.51. The van der Waals surface area contributed by atoms with Crippen molar-refractivity contribution < 1.29 is 4.79 Å². The third-order valence-corrected chi connectivity index (χ3v) is 3.09. The van der Waals surface area contributed by atoms with Crippen LogP contribution in [-0.2, 0) is 4.79 Å². The number of thioether (sulfide) groups is 1. The van der Waals surface area contributed by atoms with Crippen molar-refractivity contribution in [2.45, 2.75) is 12.3 Å². The summed E-state index contributed by atoms with van der Waals surface area (Å²) < 4.78 is 0. The molecule has 0 unspecified atom stereocenters. The smallest absolute Gasteiger partial charge is 0.241 e. The zero-order valence-corrected chi connectivity index (χ0v) is 9.07. The lowest BCUT2D eigenvalue weighted by atomic mass is 10.2. The summed E-state index contributed by atoms with van der Waals surface area (Å²) >= 11 is 1.39. The molecule has 1 aliphatic heterocycles. The van der Waals surface area contributed by atoms with Gasteiger partial charge >= 0.3 is 0 Å². The molecule has 1 aromatic rings. The molecule has 0 aromatic heterocycles. The lowest BCUT2D eigenvalue weighted by Gasteiger charge is -2.18. The second kappa shape index (κ2) is 3.94. The van der Waals surface area contributed by atoms with Crippen LogP contribution in [0.5, 0.6) is 0 Å². The molecule has 0 saturated heterocycles. The molecule has 78 valence electrons. The number of nitrogens with zero attached hydrogens (tertiary/aromatic N) is 2. The van der Waals surface area contributed by atoms with Crippen molar-refractivity contribution in [3.8, 4) is 0 Å². The minimum absolute atomic E-state index is 0.100. The van der Waals surface area contributed by atoms with Crippen LogP contribution in [-0.4, -0.2) is 16.1 Å². The van der Waals surface area contributed by atoms with E-state index in [4.69, 9.17) is 5.73 Å². The number of hydrazone groups is 1. The lowest BCUT2D eigenvalue weighted by molar-refractivity contribution is -0.129. The van der Waals surface area contributed by atoms with Gasteiger partial charge in [0.15, 0.2) is 5.17 Å². The summed E-state index contributed by atoms with van der Waals surface area (Å²) in [6.07, 6.45) is 0. The first-order valence-corrected chi connectivity index (χ1v) is 5.42. The van der Waals surface area contributed by atoms with Crippen molar-refractivity contribution >= 4 is 22.8 Å². The highest BCUT2D eigenvalue weighted by Gasteiger charge is 2.30. The van der Waals surface area contributed by atoms with E-state index in [2.05, 4.69) is 5.10 Å². The summed E-state index contributed by atoms with van der Waals surface area (Å²) in [7, 11) is 0. The van der Waals surface area contributed by atoms with Crippen LogP contribution in [0.2, 0.25) is 0 Å². The van der Waals surface area contributed by atoms with E-state index in [9.17, 15) is 4.79 Å². The number of amidine groups is 1. The van der Waals surface area contributed by atoms with Crippen molar-refractivity contribution in [3.63, 3.8) is 0 Å². The Morgan fingerprint density at radius 3 is 2.73 bits per heavy atom. The lowest BCUT2D eigenvalue weighted by Crippen LogP contribution is -2.22. The summed E-state index contributed by atoms with van der Waals surface area (Å²) in [5.74, 6) is -0.100. The van der Waals surface area contributed by atoms with Gasteiger partial charge in [0.05, 0.1) is 0 Å². The van der Waals surface area contributed by atoms with Gasteiger partial charge in [0.2, 0.25) is 5.91 Å². The van der Waals surface area contributed by atoms with Gasteiger partial charge in [0.25, 0.3) is 0 Å². The largest absolute Gasteiger partial charge is 0.377 e. The Morgan fingerprint density at radius 2 is 2.13 bits per heavy atom. The number of benzene rings is 1. The number of rotatable bonds is 1. The van der Waals surface area contributed by atoms with Gasteiger partial charge in [-0.25, -0.2) is 5.01 Å². The number of carbonyl (C=O) groups is 1. The Morgan fingerprint density at radius 1 is 1.47 bits per heavy atom. The first kappa shape index (κ1) is 10.0. The summed E-state index contributed by atoms with van der Waals surface area (Å²) in [5.41, 5.74) is 6.64. The average molecular weight is 221 g/mol. The summed E-state index contributed by atoms with van der Waals surface area (Å²) in [5, 5.41) is 5.71. The molecule has 0 radical (unpaired) electrons. The second-order valence-corrected chi connectivity index (χ2v) is 4.28. The Hall–Kier alpha value is -1.49. The third kappa shape index (κ3) is 1.97. The minimum atomic E-state index is -0.122. The molecule has 2 rings (SSSR count). The van der Waals surface area contributed by atoms with Crippen LogP contribution < -0.4 is 5.73 Å². The zero-order chi connectivity index (χ0) is 10.8. The normalized spacial score (nSPS) is 20.2. The SMILES string of the molecule is CC(=O)N1N=C(N)S[C@H]1c1ccccc1. The molecule has 1 amide bonds. The van der Waals surface area contributed by atoms with Crippen LogP contribution >= 0.6 is 11.8 Å². The molecule has 5 heteroatoms. The molecule has 1 atom stereocenters. The predicted molar refractivity (Wildman–Crippen MR) is 60.9 cm³/mol. The maximum Gasteiger partial charge on any atom is 0.241 e. The monoisotopic (exact) mass is 221 g/mol. The number of amides is 1. The van der Waals surface area contributed by atoms with E-state index in [1.807, 2.05) is 30.3 Å². The van der Waals surface area contributed by atoms with Gasteiger partial charge in [-0.1, -0.05) is 42.1 Å². The van der Waals surface area contributed by atoms with Crippen molar-refractivity contribution in [2.24, 2.45) is 10.8 Å². The topological polar surface area (TPSA) is 58.7 Å². The van der Waals surface area contributed by atoms with Crippen LogP contribution in [0.4, 0.5) is 0 Å². The third-order valence-electron chi connectivity index (χ3n) is 2.07. The molecule has 4 nitrogen and oxygen atoms in total. The van der Waals surface area contributed by atoms with E-state index >= 15 is 0 Å². The zero-order valence-electron chi connectivity index (χ0n) is 8.25. The molecule has 0 saturated carbocycles. The maximum absolute atomic E-state index is 11.3. The van der Waals surface area contributed by atoms with E-state index in [0.29, 0.717) is 5.17 Å². The summed E-state index contributed by atoms with van der Waals surface area (Å²) in [4.78, 5) is 11.3. The summed E-state index contributed by atoms with van der Waals surface area (Å²) in [6, 6.07) is 9.72. The minimum Gasteiger partial charge on any atom is -0.377 e. The molecule has 1 heterocycles. The highest BCUT2D eigenvalue weighted by Crippen LogP contribution is 2.37. The van der Waals surface area contributed by atoms with Gasteiger partial charge in [-0.3, -0.25) is 4.79 Å². The highest BCUT2D eigenvalue weighted by molar-refractivity contribution is 8.14. The van der Waals surface area contributed by atoms with Crippen LogP contribution in [0.1, 0.15) is 17.9 Å². The quantitative estimate of drug-likeness (QED) is 0.782. The van der Waals surface area contributed by atoms with E-state index in [1.165, 1.54) is 23.7 Å². The first-order valence-electron chi connectivity index (χ1n) is 4.54. The van der Waals surface area contributed by atoms with E-state index in [-0.39, 0.29) is 11.3 Å². The van der Waals surface area contributed by atoms with E-state index in [1.54, 1.807) is 0 Å². The van der Waals surface area contributed by atoms with E-state index in [0.717, 1.165) is 5.56 Å². The maximum atomic E-state index is 11.3. The van der Waals surface area contributed by atoms with Crippen molar-refractivity contribution in [2.75, 3.05) is 0 Å². The standard InChI is InChI=1S/C10H11N3OS/c1-7(14)13-9(15-10(11)12-13)8-5-3-2-4-6-8/h2-6,9H,1H3,(H2,11,12)/t9-/m0/s1. The molecule has 0 fully saturated rings. The molecule has 1 aliphatic rings. The fourth-order valence-corrected chi connectivity index (χ4v) is 2.36.